The van der Waals surface area contributed by atoms with Gasteiger partial charge < -0.3 is 15.5 Å². The van der Waals surface area contributed by atoms with Crippen LogP contribution in [0.25, 0.3) is 0 Å². The summed E-state index contributed by atoms with van der Waals surface area (Å²) in [4.78, 5) is 0. The normalized spacial score (nSPS) is 12.4. The molecule has 3 N–H and O–H groups in total. The van der Waals surface area contributed by atoms with E-state index in [4.69, 9.17) is 21.8 Å². The fourth-order valence-corrected chi connectivity index (χ4v) is 1.64. The smallest absolute Gasteiger partial charge is 0.315 e. The summed E-state index contributed by atoms with van der Waals surface area (Å²) in [6.45, 7) is 2.22. The highest BCUT2D eigenvalue weighted by Gasteiger charge is 2.10. The third-order valence-electron chi connectivity index (χ3n) is 2.33. The molecule has 6 heteroatoms. The van der Waals surface area contributed by atoms with Gasteiger partial charge in [-0.1, -0.05) is 28.8 Å². The fourth-order valence-electron chi connectivity index (χ4n) is 1.44. The second-order valence-electron chi connectivity index (χ2n) is 3.63. The molecule has 0 radical (unpaired) electrons. The van der Waals surface area contributed by atoms with E-state index in [0.717, 1.165) is 5.56 Å². The lowest BCUT2D eigenvalue weighted by Gasteiger charge is -2.12. The lowest BCUT2D eigenvalue weighted by Crippen LogP contribution is -2.06. The number of nitrogens with one attached hydrogen (secondary N) is 1. The van der Waals surface area contributed by atoms with Crippen LogP contribution in [0.4, 0.5) is 6.01 Å². The molecule has 90 valence electrons. The highest BCUT2D eigenvalue weighted by Crippen LogP contribution is 2.20. The molecule has 0 aliphatic carbocycles. The Balaban J connectivity index is 2.08. The summed E-state index contributed by atoms with van der Waals surface area (Å²) in [6, 6.07) is 7.98. The average molecular weight is 253 g/mol. The Kier molecular flexibility index (Phi) is 3.61. The second kappa shape index (κ2) is 5.16. The number of rotatable bonds is 4. The maximum absolute atomic E-state index is 5.92. The van der Waals surface area contributed by atoms with Crippen LogP contribution in [0.5, 0.6) is 0 Å². The van der Waals surface area contributed by atoms with E-state index >= 15 is 0 Å². The molecule has 0 amide bonds. The molecule has 0 aliphatic heterocycles. The first-order valence-corrected chi connectivity index (χ1v) is 5.61. The number of nitrogens with zero attached hydrogens (tertiary/aromatic N) is 2. The third kappa shape index (κ3) is 2.95. The molecule has 2 rings (SSSR count). The average Bonchev–Trinajstić information content (AvgIpc) is 2.77. The van der Waals surface area contributed by atoms with Gasteiger partial charge in [-0.2, -0.15) is 0 Å². The van der Waals surface area contributed by atoms with Crippen molar-refractivity contribution in [3.63, 3.8) is 0 Å². The Morgan fingerprint density at radius 2 is 2.29 bits per heavy atom. The summed E-state index contributed by atoms with van der Waals surface area (Å²) in [5.74, 6) is 0.408. The van der Waals surface area contributed by atoms with Crippen molar-refractivity contribution < 1.29 is 4.42 Å². The van der Waals surface area contributed by atoms with Crippen LogP contribution < -0.4 is 11.1 Å². The van der Waals surface area contributed by atoms with E-state index in [1.807, 2.05) is 31.2 Å². The van der Waals surface area contributed by atoms with Gasteiger partial charge in [0.1, 0.15) is 0 Å². The number of halogens is 1. The van der Waals surface area contributed by atoms with Gasteiger partial charge in [-0.15, -0.1) is 5.10 Å². The van der Waals surface area contributed by atoms with Crippen molar-refractivity contribution in [3.8, 4) is 0 Å². The minimum absolute atomic E-state index is 0.0276. The zero-order valence-electron chi connectivity index (χ0n) is 9.35. The standard InChI is InChI=1S/C11H13ClN4O/c1-7(8-3-2-4-9(12)5-8)14-11-16-15-10(6-13)17-11/h2-5,7H,6,13H2,1H3,(H,14,16). The van der Waals surface area contributed by atoms with Crippen molar-refractivity contribution in [3.05, 3.63) is 40.7 Å². The SMILES string of the molecule is CC(Nc1nnc(CN)o1)c1cccc(Cl)c1. The van der Waals surface area contributed by atoms with Crippen molar-refractivity contribution in [2.24, 2.45) is 5.73 Å². The summed E-state index contributed by atoms with van der Waals surface area (Å²) in [5.41, 5.74) is 6.43. The highest BCUT2D eigenvalue weighted by atomic mass is 35.5. The number of hydrogen-bond donors (Lipinski definition) is 2. The number of benzene rings is 1. The molecular formula is C11H13ClN4O. The molecule has 0 spiro atoms. The third-order valence-corrected chi connectivity index (χ3v) is 2.57. The molecule has 0 aliphatic rings. The van der Waals surface area contributed by atoms with Crippen LogP contribution in [0.15, 0.2) is 28.7 Å². The zero-order valence-corrected chi connectivity index (χ0v) is 10.1. The van der Waals surface area contributed by atoms with E-state index in [0.29, 0.717) is 16.9 Å². The molecule has 17 heavy (non-hydrogen) atoms. The maximum Gasteiger partial charge on any atom is 0.315 e. The van der Waals surface area contributed by atoms with Crippen LogP contribution in [0, 0.1) is 0 Å². The first-order valence-electron chi connectivity index (χ1n) is 5.23. The van der Waals surface area contributed by atoms with Crippen LogP contribution in [-0.4, -0.2) is 10.2 Å². The molecule has 1 heterocycles. The van der Waals surface area contributed by atoms with Crippen LogP contribution in [0.1, 0.15) is 24.4 Å². The van der Waals surface area contributed by atoms with Gasteiger partial charge in [-0.05, 0) is 24.6 Å². The molecule has 0 fully saturated rings. The fraction of sp³-hybridized carbons (Fsp3) is 0.273. The predicted molar refractivity (Wildman–Crippen MR) is 65.7 cm³/mol. The van der Waals surface area contributed by atoms with Gasteiger partial charge in [0.2, 0.25) is 5.89 Å². The Bertz CT molecular complexity index is 500. The lowest BCUT2D eigenvalue weighted by atomic mass is 10.1. The summed E-state index contributed by atoms with van der Waals surface area (Å²) in [7, 11) is 0. The molecule has 1 atom stereocenters. The number of hydrogen-bond acceptors (Lipinski definition) is 5. The summed E-state index contributed by atoms with van der Waals surface area (Å²) in [5, 5.41) is 11.4. The van der Waals surface area contributed by atoms with E-state index in [-0.39, 0.29) is 12.6 Å². The molecule has 1 aromatic carbocycles. The van der Waals surface area contributed by atoms with E-state index in [9.17, 15) is 0 Å². The predicted octanol–water partition coefficient (Wildman–Crippen LogP) is 2.35. The Hall–Kier alpha value is -1.59. The number of anilines is 1. The van der Waals surface area contributed by atoms with Crippen molar-refractivity contribution in [1.29, 1.82) is 0 Å². The minimum atomic E-state index is 0.0276. The second-order valence-corrected chi connectivity index (χ2v) is 4.06. The van der Waals surface area contributed by atoms with Gasteiger partial charge in [-0.25, -0.2) is 0 Å². The van der Waals surface area contributed by atoms with Gasteiger partial charge in [0.05, 0.1) is 12.6 Å². The molecule has 1 unspecified atom stereocenters. The van der Waals surface area contributed by atoms with Gasteiger partial charge in [0, 0.05) is 5.02 Å². The van der Waals surface area contributed by atoms with Gasteiger partial charge in [0.15, 0.2) is 0 Å². The quantitative estimate of drug-likeness (QED) is 0.874. The summed E-state index contributed by atoms with van der Waals surface area (Å²) >= 11 is 5.92. The van der Waals surface area contributed by atoms with E-state index in [1.54, 1.807) is 0 Å². The van der Waals surface area contributed by atoms with Crippen molar-refractivity contribution in [2.45, 2.75) is 19.5 Å². The van der Waals surface area contributed by atoms with Crippen molar-refractivity contribution >= 4 is 17.6 Å². The first-order chi connectivity index (χ1) is 8.19. The largest absolute Gasteiger partial charge is 0.407 e. The van der Waals surface area contributed by atoms with Gasteiger partial charge in [-0.3, -0.25) is 0 Å². The topological polar surface area (TPSA) is 77.0 Å². The first kappa shape index (κ1) is 11.9. The monoisotopic (exact) mass is 252 g/mol. The lowest BCUT2D eigenvalue weighted by molar-refractivity contribution is 0.503. The number of nitrogens with two attached hydrogens (primary N) is 1. The molecule has 0 saturated carbocycles. The van der Waals surface area contributed by atoms with Crippen molar-refractivity contribution in [2.75, 3.05) is 5.32 Å². The molecule has 0 saturated heterocycles. The molecular weight excluding hydrogens is 240 g/mol. The summed E-state index contributed by atoms with van der Waals surface area (Å²) < 4.78 is 5.26. The summed E-state index contributed by atoms with van der Waals surface area (Å²) in [6.07, 6.45) is 0. The van der Waals surface area contributed by atoms with Crippen LogP contribution in [0.3, 0.4) is 0 Å². The molecule has 5 nitrogen and oxygen atoms in total. The molecule has 2 aromatic rings. The zero-order chi connectivity index (χ0) is 12.3. The van der Waals surface area contributed by atoms with Crippen LogP contribution in [0.2, 0.25) is 5.02 Å². The maximum atomic E-state index is 5.92. The van der Waals surface area contributed by atoms with Crippen molar-refractivity contribution in [1.82, 2.24) is 10.2 Å². The van der Waals surface area contributed by atoms with Gasteiger partial charge in [0.25, 0.3) is 0 Å². The van der Waals surface area contributed by atoms with E-state index < -0.39 is 0 Å². The van der Waals surface area contributed by atoms with E-state index in [2.05, 4.69) is 15.5 Å². The van der Waals surface area contributed by atoms with Crippen LogP contribution >= 0.6 is 11.6 Å². The van der Waals surface area contributed by atoms with E-state index in [1.165, 1.54) is 0 Å². The van der Waals surface area contributed by atoms with Crippen LogP contribution in [-0.2, 0) is 6.54 Å². The number of aromatic nitrogens is 2. The minimum Gasteiger partial charge on any atom is -0.407 e. The Labute approximate surface area is 104 Å². The van der Waals surface area contributed by atoms with Gasteiger partial charge >= 0.3 is 6.01 Å². The molecule has 1 aromatic heterocycles. The molecule has 0 bridgehead atoms. The highest BCUT2D eigenvalue weighted by molar-refractivity contribution is 6.30. The Morgan fingerprint density at radius 1 is 1.47 bits per heavy atom. The Morgan fingerprint density at radius 3 is 2.94 bits per heavy atom.